The Hall–Kier alpha value is -2.87. The van der Waals surface area contributed by atoms with E-state index in [0.717, 1.165) is 85.8 Å². The molecule has 1 aromatic heterocycles. The third-order valence-corrected chi connectivity index (χ3v) is 7.13. The standard InChI is InChI=1S/C27H35N5O2/c1-3-6-30(2)22-14-21-17-28-27(34)26(21)23(16-22)25-15-20-13-19(4-5-24(20)29-25)18-32-9-7-31(8-10-32)11-12-33/h4-5,13-16,29,33H,3,6-12,17-18H2,1-2H3,(H,28,34). The van der Waals surface area contributed by atoms with Crippen LogP contribution in [0, 0.1) is 0 Å². The summed E-state index contributed by atoms with van der Waals surface area (Å²) in [6, 6.07) is 13.1. The van der Waals surface area contributed by atoms with E-state index in [1.807, 2.05) is 0 Å². The van der Waals surface area contributed by atoms with E-state index in [4.69, 9.17) is 5.11 Å². The number of nitrogens with zero attached hydrogens (tertiary/aromatic N) is 3. The number of β-amino-alcohol motifs (C(OH)–C–C–N with tert-alkyl or cyclic N) is 1. The van der Waals surface area contributed by atoms with Crippen LogP contribution in [0.3, 0.4) is 0 Å². The van der Waals surface area contributed by atoms with Crippen molar-refractivity contribution in [2.24, 2.45) is 0 Å². The Bertz CT molecular complexity index is 1180. The van der Waals surface area contributed by atoms with E-state index in [2.05, 4.69) is 75.4 Å². The van der Waals surface area contributed by atoms with E-state index in [0.29, 0.717) is 6.54 Å². The molecule has 0 radical (unpaired) electrons. The highest BCUT2D eigenvalue weighted by Gasteiger charge is 2.26. The van der Waals surface area contributed by atoms with Gasteiger partial charge in [-0.3, -0.25) is 14.6 Å². The van der Waals surface area contributed by atoms with Crippen molar-refractivity contribution >= 4 is 22.5 Å². The number of hydrogen-bond acceptors (Lipinski definition) is 5. The summed E-state index contributed by atoms with van der Waals surface area (Å²) in [7, 11) is 2.11. The molecule has 0 bridgehead atoms. The molecule has 0 aliphatic carbocycles. The van der Waals surface area contributed by atoms with Gasteiger partial charge in [0.05, 0.1) is 12.2 Å². The Balaban J connectivity index is 1.41. The van der Waals surface area contributed by atoms with Gasteiger partial charge in [-0.15, -0.1) is 0 Å². The zero-order chi connectivity index (χ0) is 23.7. The number of carbonyl (C=O) groups excluding carboxylic acids is 1. The van der Waals surface area contributed by atoms with Crippen molar-refractivity contribution < 1.29 is 9.90 Å². The molecule has 3 aromatic rings. The first-order chi connectivity index (χ1) is 16.6. The lowest BCUT2D eigenvalue weighted by molar-refractivity contribution is 0.0966. The molecular weight excluding hydrogens is 426 g/mol. The van der Waals surface area contributed by atoms with Crippen molar-refractivity contribution in [1.82, 2.24) is 20.1 Å². The van der Waals surface area contributed by atoms with Gasteiger partial charge in [-0.05, 0) is 47.9 Å². The Morgan fingerprint density at radius 2 is 1.85 bits per heavy atom. The number of aromatic nitrogens is 1. The van der Waals surface area contributed by atoms with Gasteiger partial charge in [0.2, 0.25) is 0 Å². The molecule has 0 unspecified atom stereocenters. The van der Waals surface area contributed by atoms with Crippen LogP contribution in [0.5, 0.6) is 0 Å². The second kappa shape index (κ2) is 9.78. The fourth-order valence-electron chi connectivity index (χ4n) is 5.25. The second-order valence-corrected chi connectivity index (χ2v) is 9.58. The summed E-state index contributed by atoms with van der Waals surface area (Å²) in [6.07, 6.45) is 1.08. The molecule has 1 fully saturated rings. The molecular formula is C27H35N5O2. The predicted octanol–water partition coefficient (Wildman–Crippen LogP) is 3.03. The number of carbonyl (C=O) groups is 1. The topological polar surface area (TPSA) is 74.8 Å². The Morgan fingerprint density at radius 3 is 2.62 bits per heavy atom. The lowest BCUT2D eigenvalue weighted by Gasteiger charge is -2.34. The summed E-state index contributed by atoms with van der Waals surface area (Å²) in [5.41, 5.74) is 7.36. The number of amides is 1. The average Bonchev–Trinajstić information content (AvgIpc) is 3.43. The minimum Gasteiger partial charge on any atom is -0.395 e. The minimum atomic E-state index is 0.00869. The molecule has 2 aliphatic heterocycles. The van der Waals surface area contributed by atoms with Crippen molar-refractivity contribution in [3.63, 3.8) is 0 Å². The van der Waals surface area contributed by atoms with Crippen LogP contribution in [0.25, 0.3) is 22.2 Å². The average molecular weight is 462 g/mol. The zero-order valence-corrected chi connectivity index (χ0v) is 20.2. The maximum absolute atomic E-state index is 12.7. The van der Waals surface area contributed by atoms with Crippen molar-refractivity contribution in [2.45, 2.75) is 26.4 Å². The summed E-state index contributed by atoms with van der Waals surface area (Å²) in [4.78, 5) is 23.3. The maximum Gasteiger partial charge on any atom is 0.252 e. The van der Waals surface area contributed by atoms with Crippen LogP contribution in [0.15, 0.2) is 36.4 Å². The molecule has 180 valence electrons. The van der Waals surface area contributed by atoms with E-state index in [9.17, 15) is 4.79 Å². The molecule has 34 heavy (non-hydrogen) atoms. The molecule has 0 spiro atoms. The Morgan fingerprint density at radius 1 is 1.06 bits per heavy atom. The zero-order valence-electron chi connectivity index (χ0n) is 20.2. The highest BCUT2D eigenvalue weighted by atomic mass is 16.3. The number of aliphatic hydroxyl groups is 1. The number of benzene rings is 2. The normalized spacial score (nSPS) is 16.7. The number of anilines is 1. The van der Waals surface area contributed by atoms with Crippen LogP contribution < -0.4 is 10.2 Å². The van der Waals surface area contributed by atoms with Gasteiger partial charge in [0.25, 0.3) is 5.91 Å². The van der Waals surface area contributed by atoms with Gasteiger partial charge in [0.15, 0.2) is 0 Å². The molecule has 1 amide bonds. The first-order valence-electron chi connectivity index (χ1n) is 12.4. The molecule has 0 saturated carbocycles. The highest BCUT2D eigenvalue weighted by Crippen LogP contribution is 2.35. The largest absolute Gasteiger partial charge is 0.395 e. The van der Waals surface area contributed by atoms with Crippen molar-refractivity contribution in [1.29, 1.82) is 0 Å². The first kappa shape index (κ1) is 22.9. The molecule has 7 heteroatoms. The summed E-state index contributed by atoms with van der Waals surface area (Å²) in [5, 5.41) is 13.3. The van der Waals surface area contributed by atoms with Gasteiger partial charge >= 0.3 is 0 Å². The summed E-state index contributed by atoms with van der Waals surface area (Å²) in [6.45, 7) is 9.73. The number of piperazine rings is 1. The van der Waals surface area contributed by atoms with Crippen LogP contribution in [-0.2, 0) is 13.1 Å². The summed E-state index contributed by atoms with van der Waals surface area (Å²) in [5.74, 6) is 0.00869. The van der Waals surface area contributed by atoms with Gasteiger partial charge in [-0.25, -0.2) is 0 Å². The predicted molar refractivity (Wildman–Crippen MR) is 137 cm³/mol. The Labute approximate surface area is 201 Å². The SMILES string of the molecule is CCCN(C)c1cc2c(c(-c3cc4cc(CN5CCN(CCO)CC5)ccc4[nH]3)c1)C(=O)NC2. The summed E-state index contributed by atoms with van der Waals surface area (Å²) < 4.78 is 0. The van der Waals surface area contributed by atoms with Crippen molar-refractivity contribution in [3.05, 3.63) is 53.1 Å². The number of hydrogen-bond donors (Lipinski definition) is 3. The quantitative estimate of drug-likeness (QED) is 0.481. The smallest absolute Gasteiger partial charge is 0.252 e. The molecule has 7 nitrogen and oxygen atoms in total. The maximum atomic E-state index is 12.7. The van der Waals surface area contributed by atoms with Crippen molar-refractivity contribution in [2.75, 3.05) is 57.8 Å². The lowest BCUT2D eigenvalue weighted by Crippen LogP contribution is -2.46. The number of H-pyrrole nitrogens is 1. The third-order valence-electron chi connectivity index (χ3n) is 7.13. The summed E-state index contributed by atoms with van der Waals surface area (Å²) >= 11 is 0. The second-order valence-electron chi connectivity index (χ2n) is 9.58. The van der Waals surface area contributed by atoms with Gasteiger partial charge in [-0.1, -0.05) is 13.0 Å². The minimum absolute atomic E-state index is 0.00869. The molecule has 3 N–H and O–H groups in total. The number of fused-ring (bicyclic) bond motifs is 2. The van der Waals surface area contributed by atoms with Gasteiger partial charge < -0.3 is 20.3 Å². The fourth-order valence-corrected chi connectivity index (χ4v) is 5.25. The lowest BCUT2D eigenvalue weighted by atomic mass is 9.98. The van der Waals surface area contributed by atoms with E-state index >= 15 is 0 Å². The van der Waals surface area contributed by atoms with E-state index in [-0.39, 0.29) is 12.5 Å². The van der Waals surface area contributed by atoms with Crippen LogP contribution in [0.4, 0.5) is 5.69 Å². The van der Waals surface area contributed by atoms with E-state index in [1.165, 1.54) is 10.9 Å². The molecule has 1 saturated heterocycles. The van der Waals surface area contributed by atoms with E-state index in [1.54, 1.807) is 0 Å². The number of aromatic amines is 1. The number of rotatable bonds is 8. The van der Waals surface area contributed by atoms with Gasteiger partial charge in [0.1, 0.15) is 0 Å². The molecule has 0 atom stereocenters. The van der Waals surface area contributed by atoms with Gasteiger partial charge in [-0.2, -0.15) is 0 Å². The molecule has 2 aliphatic rings. The first-order valence-corrected chi connectivity index (χ1v) is 12.4. The number of nitrogens with one attached hydrogen (secondary N) is 2. The molecule has 3 heterocycles. The van der Waals surface area contributed by atoms with Crippen LogP contribution in [-0.4, -0.2) is 78.7 Å². The molecule has 5 rings (SSSR count). The third kappa shape index (κ3) is 4.56. The fraction of sp³-hybridized carbons (Fsp3) is 0.444. The van der Waals surface area contributed by atoms with Crippen LogP contribution in [0.1, 0.15) is 34.8 Å². The monoisotopic (exact) mass is 461 g/mol. The highest BCUT2D eigenvalue weighted by molar-refractivity contribution is 6.06. The van der Waals surface area contributed by atoms with Crippen molar-refractivity contribution in [3.8, 4) is 11.3 Å². The van der Waals surface area contributed by atoms with Crippen LogP contribution >= 0.6 is 0 Å². The van der Waals surface area contributed by atoms with Gasteiger partial charge in [0, 0.05) is 87.3 Å². The molecule has 2 aromatic carbocycles. The Kier molecular flexibility index (Phi) is 6.59. The van der Waals surface area contributed by atoms with E-state index < -0.39 is 0 Å². The number of aliphatic hydroxyl groups excluding tert-OH is 1. The van der Waals surface area contributed by atoms with Crippen LogP contribution in [0.2, 0.25) is 0 Å².